The number of amides is 4. The van der Waals surface area contributed by atoms with Gasteiger partial charge in [-0.3, -0.25) is 19.2 Å². The highest BCUT2D eigenvalue weighted by molar-refractivity contribution is 5.95. The van der Waals surface area contributed by atoms with E-state index in [1.807, 2.05) is 0 Å². The Morgan fingerprint density at radius 2 is 1.97 bits per heavy atom. The van der Waals surface area contributed by atoms with Crippen molar-refractivity contribution in [3.05, 3.63) is 40.3 Å². The third kappa shape index (κ3) is 6.07. The van der Waals surface area contributed by atoms with E-state index < -0.39 is 18.0 Å². The van der Waals surface area contributed by atoms with Gasteiger partial charge in [-0.15, -0.1) is 12.4 Å². The number of rotatable bonds is 7. The van der Waals surface area contributed by atoms with Gasteiger partial charge in [-0.2, -0.15) is 0 Å². The van der Waals surface area contributed by atoms with Crippen LogP contribution in [0.1, 0.15) is 23.2 Å². The maximum atomic E-state index is 12.5. The molecule has 31 heavy (non-hydrogen) atoms. The Balaban J connectivity index is 0.00000341. The van der Waals surface area contributed by atoms with Gasteiger partial charge in [-0.05, 0) is 30.5 Å². The highest BCUT2D eigenvalue weighted by Gasteiger charge is 2.36. The van der Waals surface area contributed by atoms with Crippen molar-refractivity contribution < 1.29 is 19.2 Å². The highest BCUT2D eigenvalue weighted by Crippen LogP contribution is 2.15. The minimum absolute atomic E-state index is 0. The van der Waals surface area contributed by atoms with Gasteiger partial charge in [0.15, 0.2) is 0 Å². The van der Waals surface area contributed by atoms with Crippen LogP contribution in [-0.4, -0.2) is 66.3 Å². The molecule has 13 heteroatoms. The van der Waals surface area contributed by atoms with Crippen LogP contribution in [0.5, 0.6) is 0 Å². The molecule has 12 nitrogen and oxygen atoms in total. The van der Waals surface area contributed by atoms with Crippen molar-refractivity contribution in [2.75, 3.05) is 19.6 Å². The summed E-state index contributed by atoms with van der Waals surface area (Å²) < 4.78 is 0. The van der Waals surface area contributed by atoms with Gasteiger partial charge in [0.1, 0.15) is 6.04 Å². The van der Waals surface area contributed by atoms with Crippen LogP contribution in [0.3, 0.4) is 0 Å². The molecular weight excluding hydrogens is 428 g/mol. The Bertz CT molecular complexity index is 902. The van der Waals surface area contributed by atoms with Crippen LogP contribution < -0.4 is 21.7 Å². The molecule has 3 rings (SSSR count). The average Bonchev–Trinajstić information content (AvgIpc) is 3.30. The van der Waals surface area contributed by atoms with E-state index in [0.29, 0.717) is 37.2 Å². The highest BCUT2D eigenvalue weighted by atomic mass is 35.5. The van der Waals surface area contributed by atoms with E-state index in [0.717, 1.165) is 0 Å². The molecule has 2 saturated heterocycles. The standard InChI is InChI=1S/C18H22N8O4.ClH/c19-15(27)9-26-6-5-13(18(26)30)23-17(29)14-7-12(8-21-14)22-16(28)10-1-3-11(4-2-10)24-25-20;/h1-4,12-14,21H,5-9H2,(H2,19,27)(H,22,28)(H,23,29);1H/t12-,13-,14+;/m1./s1. The second-order valence-electron chi connectivity index (χ2n) is 7.18. The Hall–Kier alpha value is -3.34. The number of likely N-dealkylation sites (tertiary alicyclic amines) is 1. The minimum atomic E-state index is -0.679. The summed E-state index contributed by atoms with van der Waals surface area (Å²) in [5.41, 5.74) is 14.3. The molecule has 1 aromatic carbocycles. The first-order chi connectivity index (χ1) is 14.4. The normalized spacial score (nSPS) is 22.3. The number of benzene rings is 1. The molecule has 1 aromatic rings. The van der Waals surface area contributed by atoms with Gasteiger partial charge in [0, 0.05) is 35.3 Å². The number of azide groups is 1. The summed E-state index contributed by atoms with van der Waals surface area (Å²) in [7, 11) is 0. The van der Waals surface area contributed by atoms with E-state index >= 15 is 0 Å². The number of carbonyl (C=O) groups is 4. The molecular formula is C18H23ClN8O4. The summed E-state index contributed by atoms with van der Waals surface area (Å²) >= 11 is 0. The number of carbonyl (C=O) groups excluding carboxylic acids is 4. The molecule has 0 radical (unpaired) electrons. The first-order valence-electron chi connectivity index (χ1n) is 9.44. The first kappa shape index (κ1) is 23.9. The Kier molecular flexibility index (Phi) is 8.20. The van der Waals surface area contributed by atoms with Crippen LogP contribution in [0.4, 0.5) is 5.69 Å². The predicted octanol–water partition coefficient (Wildman–Crippen LogP) is -0.287. The zero-order valence-electron chi connectivity index (χ0n) is 16.5. The van der Waals surface area contributed by atoms with Gasteiger partial charge in [0.2, 0.25) is 17.7 Å². The lowest BCUT2D eigenvalue weighted by molar-refractivity contribution is -0.135. The summed E-state index contributed by atoms with van der Waals surface area (Å²) in [5.74, 6) is -1.55. The van der Waals surface area contributed by atoms with Gasteiger partial charge in [0.25, 0.3) is 5.91 Å². The molecule has 2 fully saturated rings. The number of hydrogen-bond acceptors (Lipinski definition) is 6. The Morgan fingerprint density at radius 3 is 2.61 bits per heavy atom. The molecule has 0 saturated carbocycles. The number of hydrogen-bond donors (Lipinski definition) is 4. The molecule has 166 valence electrons. The van der Waals surface area contributed by atoms with E-state index in [1.54, 1.807) is 12.1 Å². The van der Waals surface area contributed by atoms with Crippen LogP contribution in [0.25, 0.3) is 10.4 Å². The van der Waals surface area contributed by atoms with E-state index in [9.17, 15) is 19.2 Å². The topological polar surface area (TPSA) is 182 Å². The van der Waals surface area contributed by atoms with Crippen LogP contribution >= 0.6 is 12.4 Å². The van der Waals surface area contributed by atoms with Crippen molar-refractivity contribution >= 4 is 41.7 Å². The smallest absolute Gasteiger partial charge is 0.251 e. The van der Waals surface area contributed by atoms with Crippen molar-refractivity contribution in [2.24, 2.45) is 10.8 Å². The second-order valence-corrected chi connectivity index (χ2v) is 7.18. The SMILES string of the molecule is Cl.[N-]=[N+]=Nc1ccc(C(=O)N[C@H]2CN[C@H](C(=O)N[C@@H]3CCN(CC(N)=O)C3=O)C2)cc1. The minimum Gasteiger partial charge on any atom is -0.368 e. The molecule has 5 N–H and O–H groups in total. The zero-order chi connectivity index (χ0) is 21.7. The molecule has 0 bridgehead atoms. The third-order valence-corrected chi connectivity index (χ3v) is 5.03. The van der Waals surface area contributed by atoms with Gasteiger partial charge >= 0.3 is 0 Å². The third-order valence-electron chi connectivity index (χ3n) is 5.03. The Labute approximate surface area is 183 Å². The molecule has 0 spiro atoms. The largest absolute Gasteiger partial charge is 0.368 e. The van der Waals surface area contributed by atoms with Gasteiger partial charge in [-0.25, -0.2) is 0 Å². The molecule has 2 aliphatic rings. The number of nitrogens with two attached hydrogens (primary N) is 1. The van der Waals surface area contributed by atoms with Crippen molar-refractivity contribution in [1.29, 1.82) is 0 Å². The predicted molar refractivity (Wildman–Crippen MR) is 112 cm³/mol. The number of nitrogens with zero attached hydrogens (tertiary/aromatic N) is 4. The van der Waals surface area contributed by atoms with Gasteiger partial charge in [0.05, 0.1) is 12.6 Å². The summed E-state index contributed by atoms with van der Waals surface area (Å²) in [4.78, 5) is 52.1. The molecule has 0 aliphatic carbocycles. The van der Waals surface area contributed by atoms with Gasteiger partial charge < -0.3 is 26.6 Å². The maximum Gasteiger partial charge on any atom is 0.251 e. The van der Waals surface area contributed by atoms with E-state index in [4.69, 9.17) is 11.3 Å². The molecule has 4 amide bonds. The summed E-state index contributed by atoms with van der Waals surface area (Å²) in [6.45, 7) is 0.611. The quantitative estimate of drug-likeness (QED) is 0.252. The lowest BCUT2D eigenvalue weighted by Crippen LogP contribution is -2.48. The van der Waals surface area contributed by atoms with Crippen LogP contribution in [0.15, 0.2) is 29.4 Å². The van der Waals surface area contributed by atoms with E-state index in [-0.39, 0.29) is 42.7 Å². The Morgan fingerprint density at radius 1 is 1.26 bits per heavy atom. The lowest BCUT2D eigenvalue weighted by atomic mass is 10.1. The van der Waals surface area contributed by atoms with Gasteiger partial charge in [-0.1, -0.05) is 17.2 Å². The molecule has 3 atom stereocenters. The fourth-order valence-corrected chi connectivity index (χ4v) is 3.54. The van der Waals surface area contributed by atoms with Crippen LogP contribution in [0, 0.1) is 0 Å². The fourth-order valence-electron chi connectivity index (χ4n) is 3.54. The van der Waals surface area contributed by atoms with Crippen LogP contribution in [0.2, 0.25) is 0 Å². The average molecular weight is 451 g/mol. The van der Waals surface area contributed by atoms with Crippen molar-refractivity contribution in [3.8, 4) is 0 Å². The molecule has 2 heterocycles. The van der Waals surface area contributed by atoms with E-state index in [2.05, 4.69) is 26.0 Å². The van der Waals surface area contributed by atoms with Crippen molar-refractivity contribution in [1.82, 2.24) is 20.9 Å². The fraction of sp³-hybridized carbons (Fsp3) is 0.444. The first-order valence-corrected chi connectivity index (χ1v) is 9.44. The molecule has 2 aliphatic heterocycles. The van der Waals surface area contributed by atoms with Crippen LogP contribution in [-0.2, 0) is 14.4 Å². The zero-order valence-corrected chi connectivity index (χ0v) is 17.3. The second kappa shape index (κ2) is 10.6. The lowest BCUT2D eigenvalue weighted by Gasteiger charge is -2.17. The summed E-state index contributed by atoms with van der Waals surface area (Å²) in [6.07, 6.45) is 0.789. The maximum absolute atomic E-state index is 12.5. The van der Waals surface area contributed by atoms with Crippen molar-refractivity contribution in [2.45, 2.75) is 31.0 Å². The summed E-state index contributed by atoms with van der Waals surface area (Å²) in [5, 5.41) is 12.0. The monoisotopic (exact) mass is 450 g/mol. The number of nitrogens with one attached hydrogen (secondary N) is 3. The van der Waals surface area contributed by atoms with E-state index in [1.165, 1.54) is 17.0 Å². The molecule has 0 aromatic heterocycles. The van der Waals surface area contributed by atoms with Crippen molar-refractivity contribution in [3.63, 3.8) is 0 Å². The molecule has 0 unspecified atom stereocenters. The summed E-state index contributed by atoms with van der Waals surface area (Å²) in [6, 6.07) is 4.71. The number of halogens is 1. The number of primary amides is 1.